The molecule has 0 saturated heterocycles. The van der Waals surface area contributed by atoms with Crippen LogP contribution in [0.5, 0.6) is 5.75 Å². The number of oxazole rings is 1. The molecule has 2 aromatic rings. The number of hydrogen-bond donors (Lipinski definition) is 1. The summed E-state index contributed by atoms with van der Waals surface area (Å²) in [6, 6.07) is 4.44. The Labute approximate surface area is 129 Å². The van der Waals surface area contributed by atoms with Crippen LogP contribution in [0, 0.1) is 0 Å². The Morgan fingerprint density at radius 1 is 1.43 bits per heavy atom. The summed E-state index contributed by atoms with van der Waals surface area (Å²) < 4.78 is 48.0. The van der Waals surface area contributed by atoms with Crippen LogP contribution >= 0.6 is 0 Å². The van der Waals surface area contributed by atoms with Crippen LogP contribution in [-0.4, -0.2) is 17.4 Å². The second-order valence-corrected chi connectivity index (χ2v) is 4.44. The lowest BCUT2D eigenvalue weighted by atomic mass is 10.2. The lowest BCUT2D eigenvalue weighted by Gasteiger charge is -2.09. The van der Waals surface area contributed by atoms with Crippen molar-refractivity contribution in [3.63, 3.8) is 0 Å². The van der Waals surface area contributed by atoms with Crippen LogP contribution in [0.3, 0.4) is 0 Å². The highest BCUT2D eigenvalue weighted by molar-refractivity contribution is 5.91. The van der Waals surface area contributed by atoms with E-state index in [2.05, 4.69) is 16.9 Å². The van der Waals surface area contributed by atoms with Crippen LogP contribution in [0.25, 0.3) is 0 Å². The minimum atomic E-state index is -4.45. The number of rotatable bonds is 6. The molecule has 1 N–H and O–H groups in total. The van der Waals surface area contributed by atoms with Crippen molar-refractivity contribution < 1.29 is 27.1 Å². The molecule has 0 atom stereocenters. The van der Waals surface area contributed by atoms with Crippen molar-refractivity contribution in [2.75, 3.05) is 6.54 Å². The molecule has 0 saturated carbocycles. The summed E-state index contributed by atoms with van der Waals surface area (Å²) in [5, 5.41) is 2.51. The molecule has 1 aromatic carbocycles. The summed E-state index contributed by atoms with van der Waals surface area (Å²) in [5.74, 6) is -0.346. The van der Waals surface area contributed by atoms with Crippen molar-refractivity contribution >= 4 is 5.91 Å². The van der Waals surface area contributed by atoms with Crippen LogP contribution in [-0.2, 0) is 12.8 Å². The Balaban J connectivity index is 1.98. The second kappa shape index (κ2) is 6.99. The van der Waals surface area contributed by atoms with Crippen LogP contribution in [0.1, 0.15) is 21.9 Å². The molecule has 2 rings (SSSR count). The van der Waals surface area contributed by atoms with Crippen LogP contribution < -0.4 is 10.1 Å². The van der Waals surface area contributed by atoms with Crippen molar-refractivity contribution in [1.82, 2.24) is 10.3 Å². The van der Waals surface area contributed by atoms with Gasteiger partial charge in [-0.3, -0.25) is 4.79 Å². The summed E-state index contributed by atoms with van der Waals surface area (Å²) in [4.78, 5) is 15.5. The Bertz CT molecular complexity index is 695. The van der Waals surface area contributed by atoms with Gasteiger partial charge in [-0.1, -0.05) is 12.1 Å². The lowest BCUT2D eigenvalue weighted by Crippen LogP contribution is -2.23. The first-order valence-corrected chi connectivity index (χ1v) is 6.53. The molecule has 122 valence electrons. The van der Waals surface area contributed by atoms with Gasteiger partial charge in [-0.2, -0.15) is 13.2 Å². The maximum Gasteiger partial charge on any atom is 0.416 e. The molecule has 5 nitrogen and oxygen atoms in total. The molecule has 0 spiro atoms. The van der Waals surface area contributed by atoms with Gasteiger partial charge in [0.2, 0.25) is 5.89 Å². The van der Waals surface area contributed by atoms with E-state index in [0.29, 0.717) is 0 Å². The summed E-state index contributed by atoms with van der Waals surface area (Å²) in [5.41, 5.74) is -0.763. The SMILES string of the molecule is C=CCNC(=O)c1coc(COc2cccc(C(F)(F)F)c2)n1. The van der Waals surface area contributed by atoms with Gasteiger partial charge in [-0.05, 0) is 18.2 Å². The third-order valence-corrected chi connectivity index (χ3v) is 2.72. The van der Waals surface area contributed by atoms with Gasteiger partial charge in [0, 0.05) is 6.54 Å². The number of nitrogens with zero attached hydrogens (tertiary/aromatic N) is 1. The van der Waals surface area contributed by atoms with Crippen molar-refractivity contribution in [1.29, 1.82) is 0 Å². The largest absolute Gasteiger partial charge is 0.484 e. The molecule has 0 unspecified atom stereocenters. The van der Waals surface area contributed by atoms with E-state index in [9.17, 15) is 18.0 Å². The number of benzene rings is 1. The van der Waals surface area contributed by atoms with Gasteiger partial charge in [-0.25, -0.2) is 4.98 Å². The van der Waals surface area contributed by atoms with E-state index in [1.807, 2.05) is 0 Å². The fourth-order valence-corrected chi connectivity index (χ4v) is 1.64. The molecule has 1 heterocycles. The normalized spacial score (nSPS) is 11.1. The standard InChI is InChI=1S/C15H13F3N2O3/c1-2-6-19-14(21)12-8-23-13(20-12)9-22-11-5-3-4-10(7-11)15(16,17)18/h2-5,7-8H,1,6,9H2,(H,19,21). The number of carbonyl (C=O) groups excluding carboxylic acids is 1. The molecule has 0 bridgehead atoms. The van der Waals surface area contributed by atoms with E-state index in [4.69, 9.17) is 9.15 Å². The average molecular weight is 326 g/mol. The molecule has 0 aliphatic heterocycles. The minimum absolute atomic E-state index is 0.0238. The Morgan fingerprint density at radius 2 is 2.22 bits per heavy atom. The van der Waals surface area contributed by atoms with E-state index in [1.165, 1.54) is 18.2 Å². The van der Waals surface area contributed by atoms with E-state index < -0.39 is 17.6 Å². The lowest BCUT2D eigenvalue weighted by molar-refractivity contribution is -0.137. The third kappa shape index (κ3) is 4.60. The van der Waals surface area contributed by atoms with Gasteiger partial charge in [0.1, 0.15) is 12.0 Å². The number of nitrogens with one attached hydrogen (secondary N) is 1. The molecule has 0 radical (unpaired) electrons. The summed E-state index contributed by atoms with van der Waals surface area (Å²) in [6.45, 7) is 3.54. The van der Waals surface area contributed by atoms with Gasteiger partial charge in [0.25, 0.3) is 5.91 Å². The van der Waals surface area contributed by atoms with E-state index in [1.54, 1.807) is 0 Å². The molecule has 0 aliphatic carbocycles. The monoisotopic (exact) mass is 326 g/mol. The van der Waals surface area contributed by atoms with Gasteiger partial charge < -0.3 is 14.5 Å². The molecule has 23 heavy (non-hydrogen) atoms. The van der Waals surface area contributed by atoms with Crippen molar-refractivity contribution in [2.24, 2.45) is 0 Å². The molecular weight excluding hydrogens is 313 g/mol. The number of amides is 1. The number of carbonyl (C=O) groups is 1. The first-order valence-electron chi connectivity index (χ1n) is 6.53. The van der Waals surface area contributed by atoms with Crippen LogP contribution in [0.4, 0.5) is 13.2 Å². The topological polar surface area (TPSA) is 64.4 Å². The first kappa shape index (κ1) is 16.6. The zero-order valence-electron chi connectivity index (χ0n) is 11.9. The number of hydrogen-bond acceptors (Lipinski definition) is 4. The molecule has 8 heteroatoms. The highest BCUT2D eigenvalue weighted by atomic mass is 19.4. The average Bonchev–Trinajstić information content (AvgIpc) is 2.99. The fourth-order valence-electron chi connectivity index (χ4n) is 1.64. The Morgan fingerprint density at radius 3 is 2.91 bits per heavy atom. The third-order valence-electron chi connectivity index (χ3n) is 2.72. The zero-order valence-corrected chi connectivity index (χ0v) is 11.9. The van der Waals surface area contributed by atoms with E-state index in [-0.39, 0.29) is 30.5 Å². The Kier molecular flexibility index (Phi) is 5.05. The highest BCUT2D eigenvalue weighted by Gasteiger charge is 2.30. The van der Waals surface area contributed by atoms with E-state index in [0.717, 1.165) is 18.4 Å². The number of halogens is 3. The molecule has 1 amide bonds. The predicted octanol–water partition coefficient (Wildman–Crippen LogP) is 3.19. The summed E-state index contributed by atoms with van der Waals surface area (Å²) >= 11 is 0. The number of ether oxygens (including phenoxy) is 1. The van der Waals surface area contributed by atoms with Gasteiger partial charge in [0.15, 0.2) is 12.3 Å². The maximum absolute atomic E-state index is 12.6. The van der Waals surface area contributed by atoms with Crippen molar-refractivity contribution in [2.45, 2.75) is 12.8 Å². The maximum atomic E-state index is 12.6. The van der Waals surface area contributed by atoms with Gasteiger partial charge in [0.05, 0.1) is 5.56 Å². The van der Waals surface area contributed by atoms with Gasteiger partial charge in [-0.15, -0.1) is 6.58 Å². The predicted molar refractivity (Wildman–Crippen MR) is 74.8 cm³/mol. The minimum Gasteiger partial charge on any atom is -0.484 e. The zero-order chi connectivity index (χ0) is 16.9. The fraction of sp³-hybridized carbons (Fsp3) is 0.200. The summed E-state index contributed by atoms with van der Waals surface area (Å²) in [6.07, 6.45) is -1.79. The smallest absolute Gasteiger partial charge is 0.416 e. The van der Waals surface area contributed by atoms with Crippen molar-refractivity contribution in [3.8, 4) is 5.75 Å². The van der Waals surface area contributed by atoms with E-state index >= 15 is 0 Å². The quantitative estimate of drug-likeness (QED) is 0.828. The Hall–Kier alpha value is -2.77. The molecule has 0 aliphatic rings. The first-order chi connectivity index (χ1) is 10.9. The highest BCUT2D eigenvalue weighted by Crippen LogP contribution is 2.31. The molecule has 0 fully saturated rings. The molecular formula is C15H13F3N2O3. The number of aromatic nitrogens is 1. The van der Waals surface area contributed by atoms with Crippen molar-refractivity contribution in [3.05, 3.63) is 60.3 Å². The van der Waals surface area contributed by atoms with Crippen LogP contribution in [0.15, 0.2) is 47.6 Å². The summed E-state index contributed by atoms with van der Waals surface area (Å²) in [7, 11) is 0. The van der Waals surface area contributed by atoms with Gasteiger partial charge >= 0.3 is 6.18 Å². The van der Waals surface area contributed by atoms with Crippen LogP contribution in [0.2, 0.25) is 0 Å². The number of alkyl halides is 3. The molecule has 1 aromatic heterocycles. The second-order valence-electron chi connectivity index (χ2n) is 4.44.